The topological polar surface area (TPSA) is 79.4 Å². The predicted molar refractivity (Wildman–Crippen MR) is 115 cm³/mol. The van der Waals surface area contributed by atoms with Crippen LogP contribution in [0.3, 0.4) is 0 Å². The van der Waals surface area contributed by atoms with Crippen LogP contribution in [0.1, 0.15) is 31.5 Å². The van der Waals surface area contributed by atoms with Gasteiger partial charge < -0.3 is 14.7 Å². The molecule has 1 N–H and O–H groups in total. The molecule has 0 spiro atoms. The Morgan fingerprint density at radius 2 is 2.04 bits per heavy atom. The summed E-state index contributed by atoms with van der Waals surface area (Å²) in [5, 5.41) is 7.51. The Bertz CT molecular complexity index is 736. The Balaban J connectivity index is 0.00000210. The molecule has 2 aromatic rings. The fourth-order valence-corrected chi connectivity index (χ4v) is 4.15. The van der Waals surface area contributed by atoms with Gasteiger partial charge >= 0.3 is 0 Å². The fourth-order valence-electron chi connectivity index (χ4n) is 4.15. The van der Waals surface area contributed by atoms with E-state index in [1.54, 1.807) is 6.20 Å². The second-order valence-corrected chi connectivity index (χ2v) is 7.16. The van der Waals surface area contributed by atoms with Crippen molar-refractivity contribution in [2.75, 3.05) is 26.7 Å². The number of guanidine groups is 1. The Morgan fingerprint density at radius 1 is 1.26 bits per heavy atom. The highest BCUT2D eigenvalue weighted by Gasteiger charge is 2.35. The maximum Gasteiger partial charge on any atom is 0.276 e. The van der Waals surface area contributed by atoms with E-state index in [2.05, 4.69) is 30.3 Å². The molecule has 2 aromatic heterocycles. The van der Waals surface area contributed by atoms with Crippen molar-refractivity contribution in [1.82, 2.24) is 25.3 Å². The molecule has 7 nitrogen and oxygen atoms in total. The number of likely N-dealkylation sites (tertiary alicyclic amines) is 1. The predicted octanol–water partition coefficient (Wildman–Crippen LogP) is 2.99. The Hall–Kier alpha value is -1.71. The summed E-state index contributed by atoms with van der Waals surface area (Å²) < 4.78 is 5.31. The van der Waals surface area contributed by atoms with Crippen LogP contribution in [-0.4, -0.2) is 52.7 Å². The van der Waals surface area contributed by atoms with Crippen LogP contribution in [0.5, 0.6) is 0 Å². The largest absolute Gasteiger partial charge is 0.356 e. The van der Waals surface area contributed by atoms with Gasteiger partial charge in [0.25, 0.3) is 5.89 Å². The number of hydrogen-bond donors (Lipinski definition) is 1. The van der Waals surface area contributed by atoms with Crippen LogP contribution in [0.4, 0.5) is 0 Å². The lowest BCUT2D eigenvalue weighted by atomic mass is 9.82. The minimum atomic E-state index is 0. The van der Waals surface area contributed by atoms with E-state index in [0.29, 0.717) is 23.8 Å². The number of aliphatic imine (C=N–C) groups is 1. The van der Waals surface area contributed by atoms with Crippen molar-refractivity contribution in [2.24, 2.45) is 16.8 Å². The number of rotatable bonds is 4. The molecule has 0 radical (unpaired) electrons. The number of hydrogen-bond acceptors (Lipinski definition) is 5. The molecular formula is C19H27IN6O. The van der Waals surface area contributed by atoms with E-state index < -0.39 is 0 Å². The standard InChI is InChI=1S/C19H26N6O.HI/c1-20-19(25-12-14-6-2-3-7-15(14)13-25)22-11-9-17-23-18(26-24-17)16-8-4-5-10-21-16;/h4-5,8,10,14-15H,2-3,6-7,9,11-13H2,1H3,(H,20,22);1H. The molecule has 1 saturated carbocycles. The molecule has 4 rings (SSSR count). The smallest absolute Gasteiger partial charge is 0.276 e. The van der Waals surface area contributed by atoms with Gasteiger partial charge in [-0.1, -0.05) is 24.1 Å². The first-order chi connectivity index (χ1) is 12.8. The highest BCUT2D eigenvalue weighted by Crippen LogP contribution is 2.35. The summed E-state index contributed by atoms with van der Waals surface area (Å²) >= 11 is 0. The van der Waals surface area contributed by atoms with E-state index in [9.17, 15) is 0 Å². The summed E-state index contributed by atoms with van der Waals surface area (Å²) in [7, 11) is 1.86. The van der Waals surface area contributed by atoms with Crippen molar-refractivity contribution in [3.63, 3.8) is 0 Å². The molecule has 146 valence electrons. The number of halogens is 1. The van der Waals surface area contributed by atoms with Crippen LogP contribution in [0.25, 0.3) is 11.6 Å². The van der Waals surface area contributed by atoms with E-state index in [4.69, 9.17) is 4.52 Å². The summed E-state index contributed by atoms with van der Waals surface area (Å²) in [6.07, 6.45) is 7.93. The molecule has 2 atom stereocenters. The van der Waals surface area contributed by atoms with Crippen molar-refractivity contribution in [3.05, 3.63) is 30.2 Å². The maximum atomic E-state index is 5.31. The van der Waals surface area contributed by atoms with Crippen LogP contribution in [-0.2, 0) is 6.42 Å². The molecule has 2 aliphatic rings. The Morgan fingerprint density at radius 3 is 2.70 bits per heavy atom. The zero-order valence-electron chi connectivity index (χ0n) is 15.7. The molecule has 1 aliphatic heterocycles. The summed E-state index contributed by atoms with van der Waals surface area (Å²) in [5.74, 6) is 3.84. The number of nitrogens with zero attached hydrogens (tertiary/aromatic N) is 5. The lowest BCUT2D eigenvalue weighted by Gasteiger charge is -2.22. The quantitative estimate of drug-likeness (QED) is 0.410. The van der Waals surface area contributed by atoms with Crippen molar-refractivity contribution in [1.29, 1.82) is 0 Å². The van der Waals surface area contributed by atoms with Gasteiger partial charge in [0.2, 0.25) is 0 Å². The van der Waals surface area contributed by atoms with E-state index in [1.807, 2.05) is 25.2 Å². The third-order valence-corrected chi connectivity index (χ3v) is 5.47. The summed E-state index contributed by atoms with van der Waals surface area (Å²) in [4.78, 5) is 15.5. The molecule has 8 heteroatoms. The summed E-state index contributed by atoms with van der Waals surface area (Å²) in [6.45, 7) is 3.01. The van der Waals surface area contributed by atoms with Gasteiger partial charge in [0, 0.05) is 39.3 Å². The van der Waals surface area contributed by atoms with E-state index in [-0.39, 0.29) is 24.0 Å². The summed E-state index contributed by atoms with van der Waals surface area (Å²) in [5.41, 5.74) is 0.703. The average Bonchev–Trinajstić information content (AvgIpc) is 3.33. The zero-order valence-corrected chi connectivity index (χ0v) is 18.0. The number of aromatic nitrogens is 3. The van der Waals surface area contributed by atoms with Gasteiger partial charge in [-0.25, -0.2) is 0 Å². The van der Waals surface area contributed by atoms with Crippen LogP contribution in [0.2, 0.25) is 0 Å². The molecule has 0 aromatic carbocycles. The van der Waals surface area contributed by atoms with E-state index in [0.717, 1.165) is 37.4 Å². The fraction of sp³-hybridized carbons (Fsp3) is 0.579. The molecule has 1 aliphatic carbocycles. The normalized spacial score (nSPS) is 22.3. The Kier molecular flexibility index (Phi) is 7.03. The van der Waals surface area contributed by atoms with Gasteiger partial charge in [-0.15, -0.1) is 24.0 Å². The van der Waals surface area contributed by atoms with Gasteiger partial charge in [0.05, 0.1) is 0 Å². The molecule has 0 bridgehead atoms. The van der Waals surface area contributed by atoms with Crippen molar-refractivity contribution < 1.29 is 4.52 Å². The average molecular weight is 482 g/mol. The van der Waals surface area contributed by atoms with Gasteiger partial charge in [0.1, 0.15) is 5.69 Å². The Labute approximate surface area is 177 Å². The zero-order chi connectivity index (χ0) is 17.8. The highest BCUT2D eigenvalue weighted by atomic mass is 127. The molecule has 0 amide bonds. The van der Waals surface area contributed by atoms with Crippen molar-refractivity contribution in [2.45, 2.75) is 32.1 Å². The molecule has 1 saturated heterocycles. The molecule has 27 heavy (non-hydrogen) atoms. The molecule has 2 unspecified atom stereocenters. The maximum absolute atomic E-state index is 5.31. The highest BCUT2D eigenvalue weighted by molar-refractivity contribution is 14.0. The first-order valence-electron chi connectivity index (χ1n) is 9.53. The van der Waals surface area contributed by atoms with Crippen LogP contribution in [0, 0.1) is 11.8 Å². The van der Waals surface area contributed by atoms with Crippen LogP contribution >= 0.6 is 24.0 Å². The van der Waals surface area contributed by atoms with Crippen molar-refractivity contribution >= 4 is 29.9 Å². The monoisotopic (exact) mass is 482 g/mol. The molecule has 2 fully saturated rings. The van der Waals surface area contributed by atoms with Crippen molar-refractivity contribution in [3.8, 4) is 11.6 Å². The third kappa shape index (κ3) is 4.77. The van der Waals surface area contributed by atoms with Gasteiger partial charge in [0.15, 0.2) is 11.8 Å². The first-order valence-corrected chi connectivity index (χ1v) is 9.53. The number of nitrogens with one attached hydrogen (secondary N) is 1. The lowest BCUT2D eigenvalue weighted by molar-refractivity contribution is 0.299. The van der Waals surface area contributed by atoms with Gasteiger partial charge in [-0.3, -0.25) is 9.98 Å². The minimum Gasteiger partial charge on any atom is -0.356 e. The summed E-state index contributed by atoms with van der Waals surface area (Å²) in [6, 6.07) is 5.64. The number of fused-ring (bicyclic) bond motifs is 1. The third-order valence-electron chi connectivity index (χ3n) is 5.47. The molecular weight excluding hydrogens is 455 g/mol. The number of pyridine rings is 1. The van der Waals surface area contributed by atoms with E-state index in [1.165, 1.54) is 25.7 Å². The second kappa shape index (κ2) is 9.48. The lowest BCUT2D eigenvalue weighted by Crippen LogP contribution is -2.41. The van der Waals surface area contributed by atoms with Gasteiger partial charge in [-0.05, 0) is 36.8 Å². The van der Waals surface area contributed by atoms with E-state index >= 15 is 0 Å². The minimum absolute atomic E-state index is 0. The first kappa shape index (κ1) is 20.0. The molecule has 3 heterocycles. The van der Waals surface area contributed by atoms with Crippen LogP contribution < -0.4 is 5.32 Å². The SMILES string of the molecule is CN=C(NCCc1noc(-c2ccccn2)n1)N1CC2CCCCC2C1.I. The second-order valence-electron chi connectivity index (χ2n) is 7.16. The van der Waals surface area contributed by atoms with Crippen LogP contribution in [0.15, 0.2) is 33.9 Å². The van der Waals surface area contributed by atoms with Gasteiger partial charge in [-0.2, -0.15) is 4.98 Å².